The molecule has 200 valence electrons. The van der Waals surface area contributed by atoms with Gasteiger partial charge in [-0.25, -0.2) is 0 Å². The van der Waals surface area contributed by atoms with Gasteiger partial charge in [0.25, 0.3) is 0 Å². The summed E-state index contributed by atoms with van der Waals surface area (Å²) in [6, 6.07) is 3.59. The SMILES string of the molecule is COCC1=C2[C@@H](CC/C(C)=C/c3ccc(CO)o3)OB(O)C[C@@H]2[C@@H]2C(=O)N(C3CCCCC3)C(=O)[C@@H]2C1. The van der Waals surface area contributed by atoms with Gasteiger partial charge in [-0.1, -0.05) is 24.8 Å². The molecule has 2 amide bonds. The van der Waals surface area contributed by atoms with E-state index in [4.69, 9.17) is 13.8 Å². The number of likely N-dealkylation sites (tertiary alicyclic amines) is 1. The summed E-state index contributed by atoms with van der Waals surface area (Å²) >= 11 is 0. The number of rotatable bonds is 8. The molecule has 1 saturated carbocycles. The van der Waals surface area contributed by atoms with Crippen molar-refractivity contribution in [2.75, 3.05) is 13.7 Å². The van der Waals surface area contributed by atoms with E-state index in [-0.39, 0.29) is 42.4 Å². The van der Waals surface area contributed by atoms with Gasteiger partial charge in [0, 0.05) is 13.2 Å². The van der Waals surface area contributed by atoms with Crippen LogP contribution in [-0.2, 0) is 25.6 Å². The van der Waals surface area contributed by atoms with E-state index < -0.39 is 13.0 Å². The lowest BCUT2D eigenvalue weighted by molar-refractivity contribution is -0.143. The minimum absolute atomic E-state index is 0.00923. The molecule has 4 aliphatic rings. The highest BCUT2D eigenvalue weighted by atomic mass is 16.5. The van der Waals surface area contributed by atoms with Gasteiger partial charge in [0.05, 0.1) is 24.5 Å². The molecule has 0 aromatic carbocycles. The van der Waals surface area contributed by atoms with Gasteiger partial charge in [0.1, 0.15) is 18.1 Å². The van der Waals surface area contributed by atoms with Crippen LogP contribution in [0.25, 0.3) is 6.08 Å². The van der Waals surface area contributed by atoms with Crippen molar-refractivity contribution in [3.05, 3.63) is 40.4 Å². The second kappa shape index (κ2) is 11.3. The third kappa shape index (κ3) is 5.24. The predicted molar refractivity (Wildman–Crippen MR) is 138 cm³/mol. The maximum Gasteiger partial charge on any atom is 0.455 e. The summed E-state index contributed by atoms with van der Waals surface area (Å²) < 4.78 is 17.2. The number of nitrogens with zero attached hydrogens (tertiary/aromatic N) is 1. The van der Waals surface area contributed by atoms with E-state index in [9.17, 15) is 19.7 Å². The third-order valence-electron chi connectivity index (χ3n) is 8.63. The van der Waals surface area contributed by atoms with Crippen LogP contribution >= 0.6 is 0 Å². The fourth-order valence-electron chi connectivity index (χ4n) is 7.03. The van der Waals surface area contributed by atoms with E-state index in [0.717, 1.165) is 48.8 Å². The summed E-state index contributed by atoms with van der Waals surface area (Å²) in [5.41, 5.74) is 3.17. The van der Waals surface area contributed by atoms with Crippen LogP contribution in [0.1, 0.15) is 69.8 Å². The number of hydrogen-bond donors (Lipinski definition) is 2. The molecular weight excluding hydrogens is 473 g/mol. The average Bonchev–Trinajstić information content (AvgIpc) is 3.44. The molecule has 3 fully saturated rings. The summed E-state index contributed by atoms with van der Waals surface area (Å²) in [6.07, 6.45) is 8.83. The first-order chi connectivity index (χ1) is 17.9. The number of ether oxygens (including phenoxy) is 1. The first kappa shape index (κ1) is 26.4. The Morgan fingerprint density at radius 2 is 1.97 bits per heavy atom. The molecule has 0 spiro atoms. The zero-order chi connectivity index (χ0) is 26.1. The van der Waals surface area contributed by atoms with Crippen molar-refractivity contribution in [2.24, 2.45) is 17.8 Å². The van der Waals surface area contributed by atoms with Crippen molar-refractivity contribution in [1.82, 2.24) is 4.90 Å². The zero-order valence-electron chi connectivity index (χ0n) is 21.9. The third-order valence-corrected chi connectivity index (χ3v) is 8.63. The lowest BCUT2D eigenvalue weighted by atomic mass is 9.58. The lowest BCUT2D eigenvalue weighted by Gasteiger charge is -2.43. The monoisotopic (exact) mass is 511 g/mol. The van der Waals surface area contributed by atoms with Crippen LogP contribution in [0.15, 0.2) is 33.3 Å². The minimum atomic E-state index is -0.977. The first-order valence-corrected chi connectivity index (χ1v) is 13.7. The molecule has 4 atom stereocenters. The summed E-state index contributed by atoms with van der Waals surface area (Å²) in [6.45, 7) is 2.27. The second-order valence-corrected chi connectivity index (χ2v) is 11.1. The molecule has 1 aromatic heterocycles. The molecule has 0 radical (unpaired) electrons. The predicted octanol–water partition coefficient (Wildman–Crippen LogP) is 3.73. The quantitative estimate of drug-likeness (QED) is 0.311. The average molecular weight is 511 g/mol. The number of amides is 2. The minimum Gasteiger partial charge on any atom is -0.459 e. The highest BCUT2D eigenvalue weighted by molar-refractivity contribution is 6.43. The Bertz CT molecular complexity index is 1070. The van der Waals surface area contributed by atoms with Gasteiger partial charge in [-0.3, -0.25) is 14.5 Å². The molecule has 0 bridgehead atoms. The molecule has 2 aliphatic heterocycles. The van der Waals surface area contributed by atoms with Crippen LogP contribution in [0.2, 0.25) is 6.32 Å². The van der Waals surface area contributed by atoms with Gasteiger partial charge in [-0.2, -0.15) is 0 Å². The number of aliphatic hydroxyl groups excluding tert-OH is 1. The van der Waals surface area contributed by atoms with Gasteiger partial charge >= 0.3 is 7.12 Å². The number of imide groups is 1. The molecule has 1 aromatic rings. The number of carbonyl (C=O) groups excluding carboxylic acids is 2. The summed E-state index contributed by atoms with van der Waals surface area (Å²) in [4.78, 5) is 28.9. The number of furan rings is 1. The highest BCUT2D eigenvalue weighted by Gasteiger charge is 2.58. The fraction of sp³-hybridized carbons (Fsp3) is 0.643. The highest BCUT2D eigenvalue weighted by Crippen LogP contribution is 2.51. The number of fused-ring (bicyclic) bond motifs is 3. The molecular formula is C28H38BNO7. The number of hydrogen-bond acceptors (Lipinski definition) is 7. The van der Waals surface area contributed by atoms with E-state index in [1.54, 1.807) is 18.1 Å². The van der Waals surface area contributed by atoms with E-state index >= 15 is 0 Å². The maximum absolute atomic E-state index is 13.8. The van der Waals surface area contributed by atoms with Gasteiger partial charge in [0.2, 0.25) is 11.8 Å². The summed E-state index contributed by atoms with van der Waals surface area (Å²) in [5.74, 6) is 0.0906. The van der Waals surface area contributed by atoms with Crippen molar-refractivity contribution < 1.29 is 33.5 Å². The van der Waals surface area contributed by atoms with E-state index in [2.05, 4.69) is 0 Å². The van der Waals surface area contributed by atoms with E-state index in [1.807, 2.05) is 19.1 Å². The molecule has 8 nitrogen and oxygen atoms in total. The Labute approximate surface area is 218 Å². The Balaban J connectivity index is 1.38. The van der Waals surface area contributed by atoms with Crippen LogP contribution in [0.4, 0.5) is 0 Å². The van der Waals surface area contributed by atoms with Gasteiger partial charge in [-0.05, 0) is 80.6 Å². The number of carbonyl (C=O) groups is 2. The Morgan fingerprint density at radius 1 is 1.19 bits per heavy atom. The molecule has 3 heterocycles. The van der Waals surface area contributed by atoms with Crippen LogP contribution < -0.4 is 0 Å². The van der Waals surface area contributed by atoms with Crippen LogP contribution in [0, 0.1) is 17.8 Å². The van der Waals surface area contributed by atoms with Gasteiger partial charge in [-0.15, -0.1) is 0 Å². The largest absolute Gasteiger partial charge is 0.459 e. The number of methoxy groups -OCH3 is 1. The topological polar surface area (TPSA) is 109 Å². The molecule has 2 saturated heterocycles. The Kier molecular flexibility index (Phi) is 8.05. The lowest BCUT2D eigenvalue weighted by Crippen LogP contribution is -2.47. The molecule has 9 heteroatoms. The molecule has 0 unspecified atom stereocenters. The first-order valence-electron chi connectivity index (χ1n) is 13.7. The van der Waals surface area contributed by atoms with Crippen molar-refractivity contribution in [1.29, 1.82) is 0 Å². The molecule has 2 N–H and O–H groups in total. The van der Waals surface area contributed by atoms with Gasteiger partial charge < -0.3 is 23.9 Å². The Morgan fingerprint density at radius 3 is 2.68 bits per heavy atom. The normalized spacial score (nSPS) is 29.2. The second-order valence-electron chi connectivity index (χ2n) is 11.1. The maximum atomic E-state index is 13.8. The van der Waals surface area contributed by atoms with E-state index in [1.165, 1.54) is 0 Å². The smallest absolute Gasteiger partial charge is 0.455 e. The van der Waals surface area contributed by atoms with Crippen LogP contribution in [-0.4, -0.2) is 59.8 Å². The number of allylic oxidation sites excluding steroid dienone is 1. The van der Waals surface area contributed by atoms with Crippen LogP contribution in [0.3, 0.4) is 0 Å². The van der Waals surface area contributed by atoms with E-state index in [0.29, 0.717) is 43.7 Å². The molecule has 5 rings (SSSR count). The van der Waals surface area contributed by atoms with Crippen molar-refractivity contribution in [3.8, 4) is 0 Å². The molecule has 2 aliphatic carbocycles. The fourth-order valence-corrected chi connectivity index (χ4v) is 7.03. The summed E-state index contributed by atoms with van der Waals surface area (Å²) in [7, 11) is 0.670. The number of aliphatic hydroxyl groups is 1. The van der Waals surface area contributed by atoms with Gasteiger partial charge in [0.15, 0.2) is 0 Å². The van der Waals surface area contributed by atoms with Crippen molar-refractivity contribution >= 4 is 25.0 Å². The van der Waals surface area contributed by atoms with Crippen molar-refractivity contribution in [2.45, 2.75) is 83.4 Å². The van der Waals surface area contributed by atoms with Crippen LogP contribution in [0.5, 0.6) is 0 Å². The molecule has 37 heavy (non-hydrogen) atoms. The summed E-state index contributed by atoms with van der Waals surface area (Å²) in [5, 5.41) is 19.9. The zero-order valence-corrected chi connectivity index (χ0v) is 21.9. The standard InChI is InChI=1S/C28H38BNO7/c1-17(12-20-9-10-21(15-31)36-20)8-11-24-25-18(16-35-2)13-22-26(23(25)14-29(34)37-24)28(33)30(27(22)32)19-6-4-3-5-7-19/h9-10,12,19,22-24,26,31,34H,3-8,11,13-16H2,1-2H3/b17-12+/t22-,23+,24-,26-/m1/s1. The van der Waals surface area contributed by atoms with Crippen molar-refractivity contribution in [3.63, 3.8) is 0 Å². The Hall–Kier alpha value is -2.20.